The lowest BCUT2D eigenvalue weighted by Crippen LogP contribution is -2.40. The Morgan fingerprint density at radius 3 is 2.70 bits per heavy atom. The smallest absolute Gasteiger partial charge is 0.256 e. The molecule has 4 rings (SSSR count). The predicted molar refractivity (Wildman–Crippen MR) is 121 cm³/mol. The number of hydrogen-bond donors (Lipinski definition) is 2. The minimum atomic E-state index is -0.139. The second-order valence-electron chi connectivity index (χ2n) is 8.58. The summed E-state index contributed by atoms with van der Waals surface area (Å²) in [6.45, 7) is 8.62. The Kier molecular flexibility index (Phi) is 6.44. The normalized spacial score (nSPS) is 21.2. The second kappa shape index (κ2) is 9.23. The summed E-state index contributed by atoms with van der Waals surface area (Å²) in [6.07, 6.45) is 2.25. The maximum Gasteiger partial charge on any atom is 0.256 e. The maximum atomic E-state index is 12.6. The summed E-state index contributed by atoms with van der Waals surface area (Å²) in [5.41, 5.74) is 1.91. The van der Waals surface area contributed by atoms with E-state index in [1.165, 1.54) is 6.42 Å². The molecular weight excluding hydrogens is 394 g/mol. The van der Waals surface area contributed by atoms with Crippen LogP contribution in [-0.4, -0.2) is 42.9 Å². The third-order valence-corrected chi connectivity index (χ3v) is 6.87. The molecule has 1 saturated heterocycles. The lowest BCUT2D eigenvalue weighted by Gasteiger charge is -2.34. The molecule has 0 bridgehead atoms. The number of benzene rings is 2. The molecule has 2 atom stereocenters. The van der Waals surface area contributed by atoms with Crippen LogP contribution in [0.5, 0.6) is 0 Å². The molecule has 2 N–H and O–H groups in total. The first-order valence-corrected chi connectivity index (χ1v) is 11.5. The van der Waals surface area contributed by atoms with E-state index in [1.807, 2.05) is 36.4 Å². The summed E-state index contributed by atoms with van der Waals surface area (Å²) >= 11 is 1.54. The number of fused-ring (bicyclic) bond motifs is 2. The summed E-state index contributed by atoms with van der Waals surface area (Å²) < 4.78 is 0. The van der Waals surface area contributed by atoms with Crippen molar-refractivity contribution in [3.05, 3.63) is 53.6 Å². The van der Waals surface area contributed by atoms with Gasteiger partial charge in [0.25, 0.3) is 11.8 Å². The van der Waals surface area contributed by atoms with Crippen molar-refractivity contribution in [3.8, 4) is 0 Å². The fourth-order valence-electron chi connectivity index (χ4n) is 4.49. The van der Waals surface area contributed by atoms with Crippen LogP contribution in [0.3, 0.4) is 0 Å². The predicted octanol–water partition coefficient (Wildman–Crippen LogP) is 4.50. The van der Waals surface area contributed by atoms with E-state index < -0.39 is 0 Å². The van der Waals surface area contributed by atoms with Crippen LogP contribution in [0.15, 0.2) is 52.3 Å². The minimum Gasteiger partial charge on any atom is -0.352 e. The molecule has 0 saturated carbocycles. The number of piperidine rings is 1. The summed E-state index contributed by atoms with van der Waals surface area (Å²) in [6, 6.07) is 13.1. The lowest BCUT2D eigenvalue weighted by atomic mass is 9.92. The molecular formula is C24H29N3O2S. The van der Waals surface area contributed by atoms with Gasteiger partial charge in [-0.25, -0.2) is 0 Å². The molecule has 0 aromatic heterocycles. The third kappa shape index (κ3) is 4.87. The first kappa shape index (κ1) is 20.9. The molecule has 0 spiro atoms. The van der Waals surface area contributed by atoms with Crippen molar-refractivity contribution in [1.82, 2.24) is 10.2 Å². The van der Waals surface area contributed by atoms with Crippen LogP contribution in [0.4, 0.5) is 5.69 Å². The SMILES string of the molecule is CC1CC(C)CN(CCCNC(=O)c2ccc3c(c2)NC(=O)c2ccccc2S3)C1. The van der Waals surface area contributed by atoms with E-state index in [0.29, 0.717) is 23.4 Å². The first-order valence-electron chi connectivity index (χ1n) is 10.7. The van der Waals surface area contributed by atoms with Crippen molar-refractivity contribution >= 4 is 29.3 Å². The fraction of sp³-hybridized carbons (Fsp3) is 0.417. The molecule has 2 aromatic rings. The van der Waals surface area contributed by atoms with Crippen LogP contribution in [-0.2, 0) is 0 Å². The van der Waals surface area contributed by atoms with E-state index >= 15 is 0 Å². The monoisotopic (exact) mass is 423 g/mol. The summed E-state index contributed by atoms with van der Waals surface area (Å²) in [4.78, 5) is 29.5. The third-order valence-electron chi connectivity index (χ3n) is 5.72. The number of nitrogens with zero attached hydrogens (tertiary/aromatic N) is 1. The molecule has 2 aliphatic heterocycles. The van der Waals surface area contributed by atoms with Gasteiger partial charge < -0.3 is 15.5 Å². The molecule has 2 aromatic carbocycles. The Hall–Kier alpha value is -2.31. The van der Waals surface area contributed by atoms with Gasteiger partial charge in [0.15, 0.2) is 0 Å². The van der Waals surface area contributed by atoms with Gasteiger partial charge in [-0.15, -0.1) is 0 Å². The van der Waals surface area contributed by atoms with E-state index in [4.69, 9.17) is 0 Å². The van der Waals surface area contributed by atoms with Crippen LogP contribution in [0.1, 0.15) is 47.4 Å². The van der Waals surface area contributed by atoms with Crippen molar-refractivity contribution < 1.29 is 9.59 Å². The number of nitrogens with one attached hydrogen (secondary N) is 2. The topological polar surface area (TPSA) is 61.4 Å². The Bertz CT molecular complexity index is 936. The molecule has 0 aliphatic carbocycles. The highest BCUT2D eigenvalue weighted by Crippen LogP contribution is 2.38. The summed E-state index contributed by atoms with van der Waals surface area (Å²) in [5, 5.41) is 5.97. The van der Waals surface area contributed by atoms with E-state index in [0.717, 1.165) is 47.7 Å². The molecule has 6 heteroatoms. The van der Waals surface area contributed by atoms with Gasteiger partial charge in [-0.2, -0.15) is 0 Å². The fourth-order valence-corrected chi connectivity index (χ4v) is 5.50. The number of rotatable bonds is 5. The Morgan fingerprint density at radius 1 is 1.13 bits per heavy atom. The molecule has 2 aliphatic rings. The highest BCUT2D eigenvalue weighted by atomic mass is 32.2. The number of hydrogen-bond acceptors (Lipinski definition) is 4. The van der Waals surface area contributed by atoms with Crippen LogP contribution < -0.4 is 10.6 Å². The Balaban J connectivity index is 1.33. The number of carbonyl (C=O) groups excluding carboxylic acids is 2. The van der Waals surface area contributed by atoms with E-state index in [9.17, 15) is 9.59 Å². The summed E-state index contributed by atoms with van der Waals surface area (Å²) in [5.74, 6) is 1.27. The maximum absolute atomic E-state index is 12.6. The van der Waals surface area contributed by atoms with Gasteiger partial charge >= 0.3 is 0 Å². The Labute approximate surface area is 182 Å². The van der Waals surface area contributed by atoms with Gasteiger partial charge in [0, 0.05) is 35.0 Å². The second-order valence-corrected chi connectivity index (χ2v) is 9.66. The number of anilines is 1. The standard InChI is InChI=1S/C24H29N3O2S/c1-16-12-17(2)15-27(14-16)11-5-10-25-23(28)18-8-9-22-20(13-18)26-24(29)19-6-3-4-7-21(19)30-22/h3-4,6-9,13,16-17H,5,10-12,14-15H2,1-2H3,(H,25,28)(H,26,29). The first-order chi connectivity index (χ1) is 14.5. The average Bonchev–Trinajstić information content (AvgIpc) is 2.85. The van der Waals surface area contributed by atoms with Crippen molar-refractivity contribution in [2.75, 3.05) is 31.5 Å². The number of likely N-dealkylation sites (tertiary alicyclic amines) is 1. The van der Waals surface area contributed by atoms with Crippen molar-refractivity contribution in [2.45, 2.75) is 36.5 Å². The van der Waals surface area contributed by atoms with Crippen molar-refractivity contribution in [2.24, 2.45) is 11.8 Å². The van der Waals surface area contributed by atoms with Crippen LogP contribution in [0.2, 0.25) is 0 Å². The van der Waals surface area contributed by atoms with Crippen molar-refractivity contribution in [3.63, 3.8) is 0 Å². The van der Waals surface area contributed by atoms with Gasteiger partial charge in [-0.1, -0.05) is 37.7 Å². The molecule has 2 unspecified atom stereocenters. The van der Waals surface area contributed by atoms with E-state index in [-0.39, 0.29) is 11.8 Å². The van der Waals surface area contributed by atoms with Gasteiger partial charge in [0.1, 0.15) is 0 Å². The Morgan fingerprint density at radius 2 is 1.90 bits per heavy atom. The number of amides is 2. The molecule has 30 heavy (non-hydrogen) atoms. The lowest BCUT2D eigenvalue weighted by molar-refractivity contribution is 0.0946. The van der Waals surface area contributed by atoms with Gasteiger partial charge in [0.05, 0.1) is 11.3 Å². The van der Waals surface area contributed by atoms with E-state index in [1.54, 1.807) is 17.8 Å². The van der Waals surface area contributed by atoms with Gasteiger partial charge in [-0.3, -0.25) is 9.59 Å². The molecule has 158 valence electrons. The van der Waals surface area contributed by atoms with Crippen LogP contribution in [0, 0.1) is 11.8 Å². The highest BCUT2D eigenvalue weighted by Gasteiger charge is 2.22. The summed E-state index contributed by atoms with van der Waals surface area (Å²) in [7, 11) is 0. The van der Waals surface area contributed by atoms with Crippen molar-refractivity contribution in [1.29, 1.82) is 0 Å². The highest BCUT2D eigenvalue weighted by molar-refractivity contribution is 7.99. The van der Waals surface area contributed by atoms with Crippen LogP contribution >= 0.6 is 11.8 Å². The minimum absolute atomic E-state index is 0.0980. The molecule has 2 amide bonds. The molecule has 2 heterocycles. The van der Waals surface area contributed by atoms with Crippen LogP contribution in [0.25, 0.3) is 0 Å². The number of carbonyl (C=O) groups is 2. The van der Waals surface area contributed by atoms with Gasteiger partial charge in [0.2, 0.25) is 0 Å². The average molecular weight is 424 g/mol. The van der Waals surface area contributed by atoms with E-state index in [2.05, 4.69) is 29.4 Å². The largest absolute Gasteiger partial charge is 0.352 e. The zero-order chi connectivity index (χ0) is 21.1. The molecule has 1 fully saturated rings. The van der Waals surface area contributed by atoms with Gasteiger partial charge in [-0.05, 0) is 61.6 Å². The zero-order valence-corrected chi connectivity index (χ0v) is 18.4. The zero-order valence-electron chi connectivity index (χ0n) is 17.6. The molecule has 0 radical (unpaired) electrons. The molecule has 5 nitrogen and oxygen atoms in total. The quantitative estimate of drug-likeness (QED) is 0.695.